The number of aromatic nitrogens is 1. The summed E-state index contributed by atoms with van der Waals surface area (Å²) in [6.45, 7) is 5.65. The summed E-state index contributed by atoms with van der Waals surface area (Å²) in [6.07, 6.45) is 7.20. The van der Waals surface area contributed by atoms with Crippen LogP contribution in [0.2, 0.25) is 15.1 Å². The minimum absolute atomic E-state index is 0.139. The van der Waals surface area contributed by atoms with Crippen LogP contribution in [-0.4, -0.2) is 16.2 Å². The van der Waals surface area contributed by atoms with Crippen molar-refractivity contribution in [2.45, 2.75) is 44.1 Å². The minimum Gasteiger partial charge on any atom is -0.489 e. The summed E-state index contributed by atoms with van der Waals surface area (Å²) in [4.78, 5) is 11.5. The Bertz CT molecular complexity index is 1590. The van der Waals surface area contributed by atoms with Crippen LogP contribution in [0.1, 0.15) is 49.0 Å². The Morgan fingerprint density at radius 2 is 1.98 bits per heavy atom. The highest BCUT2D eigenvalue weighted by Gasteiger charge is 2.58. The Balaban J connectivity index is 1.40. The first kappa shape index (κ1) is 28.0. The molecule has 2 aliphatic rings. The number of hydrogen-bond acceptors (Lipinski definition) is 5. The SMILES string of the molecule is C=CC(=C/C(=C\C)C(=O)O)C1CC1(C#N)c1ccc(OCc2c(-c3c(Cl)cccc3Cl)noc2C2CC2)cc1Cl. The molecule has 2 saturated carbocycles. The van der Waals surface area contributed by atoms with Gasteiger partial charge in [-0.2, -0.15) is 5.26 Å². The first-order valence-corrected chi connectivity index (χ1v) is 13.9. The van der Waals surface area contributed by atoms with E-state index in [4.69, 9.17) is 44.1 Å². The van der Waals surface area contributed by atoms with E-state index in [1.165, 1.54) is 6.08 Å². The van der Waals surface area contributed by atoms with Gasteiger partial charge in [0.2, 0.25) is 0 Å². The summed E-state index contributed by atoms with van der Waals surface area (Å²) in [7, 11) is 0. The fourth-order valence-corrected chi connectivity index (χ4v) is 5.96. The summed E-state index contributed by atoms with van der Waals surface area (Å²) >= 11 is 19.6. The average molecular weight is 596 g/mol. The summed E-state index contributed by atoms with van der Waals surface area (Å²) in [5.74, 6) is 0.297. The normalized spacial score (nSPS) is 20.6. The van der Waals surface area contributed by atoms with E-state index >= 15 is 0 Å². The molecular weight excluding hydrogens is 571 g/mol. The van der Waals surface area contributed by atoms with Gasteiger partial charge in [0.15, 0.2) is 0 Å². The maximum absolute atomic E-state index is 11.5. The van der Waals surface area contributed by atoms with Crippen molar-refractivity contribution in [2.24, 2.45) is 5.92 Å². The van der Waals surface area contributed by atoms with Crippen molar-refractivity contribution in [3.63, 3.8) is 0 Å². The Hall–Kier alpha value is -3.50. The number of rotatable bonds is 10. The molecule has 1 N–H and O–H groups in total. The zero-order valence-electron chi connectivity index (χ0n) is 21.6. The molecule has 0 aliphatic heterocycles. The van der Waals surface area contributed by atoms with Crippen molar-refractivity contribution in [3.05, 3.63) is 104 Å². The van der Waals surface area contributed by atoms with Gasteiger partial charge in [-0.25, -0.2) is 4.79 Å². The number of carbonyl (C=O) groups is 1. The van der Waals surface area contributed by atoms with Crippen LogP contribution in [0.4, 0.5) is 0 Å². The third kappa shape index (κ3) is 5.17. The Morgan fingerprint density at radius 1 is 1.25 bits per heavy atom. The molecular formula is C31H25Cl3N2O4. The van der Waals surface area contributed by atoms with Gasteiger partial charge in [0.1, 0.15) is 23.8 Å². The molecule has 5 rings (SSSR count). The summed E-state index contributed by atoms with van der Waals surface area (Å²) in [6, 6.07) is 12.9. The molecule has 0 saturated heterocycles. The first-order valence-electron chi connectivity index (χ1n) is 12.7. The van der Waals surface area contributed by atoms with E-state index in [1.807, 2.05) is 0 Å². The molecule has 2 aromatic carbocycles. The van der Waals surface area contributed by atoms with Gasteiger partial charge in [-0.1, -0.05) is 70.8 Å². The second-order valence-corrected chi connectivity index (χ2v) is 11.1. The zero-order chi connectivity index (χ0) is 28.6. The number of carboxylic acids is 1. The van der Waals surface area contributed by atoms with Gasteiger partial charge < -0.3 is 14.4 Å². The lowest BCUT2D eigenvalue weighted by atomic mass is 9.91. The van der Waals surface area contributed by atoms with E-state index in [1.54, 1.807) is 55.5 Å². The van der Waals surface area contributed by atoms with Crippen LogP contribution in [0.15, 0.2) is 76.9 Å². The van der Waals surface area contributed by atoms with E-state index in [0.717, 1.165) is 24.2 Å². The lowest BCUT2D eigenvalue weighted by Gasteiger charge is -2.15. The Kier molecular flexibility index (Phi) is 7.83. The fourth-order valence-electron chi connectivity index (χ4n) is 5.05. The molecule has 0 bridgehead atoms. The van der Waals surface area contributed by atoms with Crippen molar-refractivity contribution < 1.29 is 19.2 Å². The van der Waals surface area contributed by atoms with Crippen LogP contribution in [0.5, 0.6) is 5.75 Å². The van der Waals surface area contributed by atoms with Crippen molar-refractivity contribution in [2.75, 3.05) is 0 Å². The number of carboxylic acid groups (broad SMARTS) is 1. The molecule has 2 fully saturated rings. The number of nitriles is 1. The fraction of sp³-hybridized carbons (Fsp3) is 0.258. The molecule has 2 unspecified atom stereocenters. The first-order chi connectivity index (χ1) is 19.2. The van der Waals surface area contributed by atoms with Gasteiger partial charge in [-0.3, -0.25) is 0 Å². The van der Waals surface area contributed by atoms with Gasteiger partial charge in [0, 0.05) is 22.4 Å². The van der Waals surface area contributed by atoms with Crippen molar-refractivity contribution in [1.82, 2.24) is 5.16 Å². The number of benzene rings is 2. The maximum atomic E-state index is 11.5. The van der Waals surface area contributed by atoms with E-state index in [-0.39, 0.29) is 24.0 Å². The second kappa shape index (κ2) is 11.2. The van der Waals surface area contributed by atoms with Crippen molar-refractivity contribution in [3.8, 4) is 23.1 Å². The molecule has 9 heteroatoms. The summed E-state index contributed by atoms with van der Waals surface area (Å²) in [5.41, 5.74) is 2.53. The smallest absolute Gasteiger partial charge is 0.335 e. The molecule has 0 spiro atoms. The van der Waals surface area contributed by atoms with E-state index in [0.29, 0.717) is 49.6 Å². The van der Waals surface area contributed by atoms with Gasteiger partial charge in [0.05, 0.1) is 32.7 Å². The monoisotopic (exact) mass is 594 g/mol. The number of halogens is 3. The van der Waals surface area contributed by atoms with Gasteiger partial charge in [0.25, 0.3) is 0 Å². The lowest BCUT2D eigenvalue weighted by molar-refractivity contribution is -0.132. The highest BCUT2D eigenvalue weighted by Crippen LogP contribution is 2.59. The van der Waals surface area contributed by atoms with Crippen LogP contribution in [0.3, 0.4) is 0 Å². The van der Waals surface area contributed by atoms with Gasteiger partial charge in [-0.15, -0.1) is 0 Å². The topological polar surface area (TPSA) is 96.3 Å². The predicted molar refractivity (Wildman–Crippen MR) is 155 cm³/mol. The molecule has 40 heavy (non-hydrogen) atoms. The molecule has 1 aromatic heterocycles. The van der Waals surface area contributed by atoms with Crippen molar-refractivity contribution in [1.29, 1.82) is 5.26 Å². The largest absolute Gasteiger partial charge is 0.489 e. The quantitative estimate of drug-likeness (QED) is 0.186. The summed E-state index contributed by atoms with van der Waals surface area (Å²) < 4.78 is 11.9. The summed E-state index contributed by atoms with van der Waals surface area (Å²) in [5, 5.41) is 25.2. The van der Waals surface area contributed by atoms with Crippen LogP contribution >= 0.6 is 34.8 Å². The van der Waals surface area contributed by atoms with Gasteiger partial charge in [-0.05, 0) is 67.7 Å². The van der Waals surface area contributed by atoms with E-state index in [9.17, 15) is 15.2 Å². The number of ether oxygens (including phenoxy) is 1. The predicted octanol–water partition coefficient (Wildman–Crippen LogP) is 8.68. The third-order valence-corrected chi connectivity index (χ3v) is 8.39. The number of nitrogens with zero attached hydrogens (tertiary/aromatic N) is 2. The average Bonchev–Trinajstić information content (AvgIpc) is 3.86. The van der Waals surface area contributed by atoms with Crippen LogP contribution in [0.25, 0.3) is 11.3 Å². The number of aliphatic carboxylic acids is 1. The zero-order valence-corrected chi connectivity index (χ0v) is 23.9. The van der Waals surface area contributed by atoms with Crippen molar-refractivity contribution >= 4 is 40.8 Å². The highest BCUT2D eigenvalue weighted by atomic mass is 35.5. The van der Waals surface area contributed by atoms with E-state index < -0.39 is 11.4 Å². The third-order valence-electron chi connectivity index (χ3n) is 7.45. The molecule has 0 radical (unpaired) electrons. The van der Waals surface area contributed by atoms with Crippen LogP contribution < -0.4 is 4.74 Å². The van der Waals surface area contributed by atoms with E-state index in [2.05, 4.69) is 17.8 Å². The molecule has 1 heterocycles. The Labute approximate surface area is 247 Å². The molecule has 0 amide bonds. The molecule has 3 aromatic rings. The van der Waals surface area contributed by atoms with Gasteiger partial charge >= 0.3 is 5.97 Å². The second-order valence-electron chi connectivity index (χ2n) is 9.91. The Morgan fingerprint density at radius 3 is 2.55 bits per heavy atom. The van der Waals surface area contributed by atoms with Crippen LogP contribution in [0, 0.1) is 17.2 Å². The lowest BCUT2D eigenvalue weighted by Crippen LogP contribution is -2.10. The standard InChI is InChI=1S/C31H25Cl3N2O4/c1-3-17(12-18(4-2)30(37)38)23-14-31(23,16-35)22-11-10-20(13-26(22)34)39-15-21-28(36-40-29(21)19-8-9-19)27-24(32)6-5-7-25(27)33/h3-7,10-13,19,23H,1,8-9,14-15H2,2H3,(H,37,38)/b17-12?,18-4+. The van der Waals surface area contributed by atoms with Crippen LogP contribution in [-0.2, 0) is 16.8 Å². The molecule has 2 aliphatic carbocycles. The molecule has 204 valence electrons. The number of hydrogen-bond donors (Lipinski definition) is 1. The molecule has 6 nitrogen and oxygen atoms in total. The highest BCUT2D eigenvalue weighted by molar-refractivity contribution is 6.39. The minimum atomic E-state index is -1.04. The number of allylic oxidation sites excluding steroid dienone is 3. The maximum Gasteiger partial charge on any atom is 0.335 e. The molecule has 2 atom stereocenters.